The first-order valence-electron chi connectivity index (χ1n) is 6.89. The maximum Gasteiger partial charge on any atom is 0.335 e. The molecule has 0 spiro atoms. The molecule has 0 saturated heterocycles. The van der Waals surface area contributed by atoms with Gasteiger partial charge in [-0.1, -0.05) is 18.2 Å². The van der Waals surface area contributed by atoms with Crippen LogP contribution < -0.4 is 4.72 Å². The van der Waals surface area contributed by atoms with Crippen molar-refractivity contribution in [3.05, 3.63) is 41.5 Å². The molecule has 114 valence electrons. The Morgan fingerprint density at radius 1 is 1.38 bits per heavy atom. The first-order valence-corrected chi connectivity index (χ1v) is 8.37. The molecular formula is C15H19NO4S. The summed E-state index contributed by atoms with van der Waals surface area (Å²) in [4.78, 5) is 11.1. The molecule has 0 radical (unpaired) electrons. The summed E-state index contributed by atoms with van der Waals surface area (Å²) in [6, 6.07) is 4.16. The van der Waals surface area contributed by atoms with Gasteiger partial charge in [-0.05, 0) is 49.8 Å². The van der Waals surface area contributed by atoms with Crippen LogP contribution in [0.2, 0.25) is 0 Å². The third kappa shape index (κ3) is 3.92. The van der Waals surface area contributed by atoms with Gasteiger partial charge in [0.15, 0.2) is 0 Å². The van der Waals surface area contributed by atoms with Gasteiger partial charge < -0.3 is 5.11 Å². The second-order valence-electron chi connectivity index (χ2n) is 5.28. The molecule has 0 fully saturated rings. The summed E-state index contributed by atoms with van der Waals surface area (Å²) in [6.45, 7) is 2.02. The molecule has 2 N–H and O–H groups in total. The summed E-state index contributed by atoms with van der Waals surface area (Å²) in [5, 5.41) is 9.07. The smallest absolute Gasteiger partial charge is 0.335 e. The van der Waals surface area contributed by atoms with Crippen molar-refractivity contribution in [3.63, 3.8) is 0 Å². The number of sulfonamides is 1. The highest BCUT2D eigenvalue weighted by Crippen LogP contribution is 2.19. The van der Waals surface area contributed by atoms with Crippen LogP contribution in [0.25, 0.3) is 0 Å². The summed E-state index contributed by atoms with van der Waals surface area (Å²) >= 11 is 0. The van der Waals surface area contributed by atoms with E-state index in [0.717, 1.165) is 19.3 Å². The maximum atomic E-state index is 12.2. The Bertz CT molecular complexity index is 664. The molecule has 1 aliphatic rings. The van der Waals surface area contributed by atoms with Gasteiger partial charge in [0.05, 0.1) is 10.5 Å². The molecule has 1 aliphatic carbocycles. The van der Waals surface area contributed by atoms with Crippen LogP contribution in [0.3, 0.4) is 0 Å². The fourth-order valence-corrected chi connectivity index (χ4v) is 3.49. The fraction of sp³-hybridized carbons (Fsp3) is 0.400. The highest BCUT2D eigenvalue weighted by Gasteiger charge is 2.19. The molecule has 0 amide bonds. The molecule has 1 atom stereocenters. The minimum absolute atomic E-state index is 0.00292. The van der Waals surface area contributed by atoms with E-state index in [1.54, 1.807) is 6.92 Å². The number of aromatic carboxylic acids is 1. The first kappa shape index (κ1) is 15.7. The molecule has 21 heavy (non-hydrogen) atoms. The normalized spacial score (nSPS) is 18.6. The second kappa shape index (κ2) is 6.41. The number of carboxylic acid groups (broad SMARTS) is 1. The second-order valence-corrected chi connectivity index (χ2v) is 7.05. The lowest BCUT2D eigenvalue weighted by Crippen LogP contribution is -2.30. The van der Waals surface area contributed by atoms with Crippen molar-refractivity contribution >= 4 is 16.0 Å². The van der Waals surface area contributed by atoms with Crippen molar-refractivity contribution < 1.29 is 18.3 Å². The van der Waals surface area contributed by atoms with Crippen molar-refractivity contribution in [2.24, 2.45) is 5.92 Å². The van der Waals surface area contributed by atoms with Crippen LogP contribution in [0.15, 0.2) is 35.2 Å². The molecule has 0 bridgehead atoms. The third-order valence-corrected chi connectivity index (χ3v) is 5.11. The number of carboxylic acids is 1. The van der Waals surface area contributed by atoms with Crippen LogP contribution >= 0.6 is 0 Å². The topological polar surface area (TPSA) is 83.5 Å². The van der Waals surface area contributed by atoms with Crippen molar-refractivity contribution in [1.82, 2.24) is 4.72 Å². The average molecular weight is 309 g/mol. The monoisotopic (exact) mass is 309 g/mol. The zero-order valence-corrected chi connectivity index (χ0v) is 12.7. The maximum absolute atomic E-state index is 12.2. The molecule has 6 heteroatoms. The van der Waals surface area contributed by atoms with Gasteiger partial charge in [-0.2, -0.15) is 0 Å². The number of allylic oxidation sites excluding steroid dienone is 2. The number of hydrogen-bond donors (Lipinski definition) is 2. The highest BCUT2D eigenvalue weighted by atomic mass is 32.2. The van der Waals surface area contributed by atoms with Gasteiger partial charge in [-0.25, -0.2) is 17.9 Å². The van der Waals surface area contributed by atoms with E-state index < -0.39 is 16.0 Å². The van der Waals surface area contributed by atoms with E-state index in [-0.39, 0.29) is 10.5 Å². The van der Waals surface area contributed by atoms with Gasteiger partial charge in [0.2, 0.25) is 10.0 Å². The Hall–Kier alpha value is -1.66. The molecule has 5 nitrogen and oxygen atoms in total. The molecule has 1 aromatic carbocycles. The molecule has 0 aliphatic heterocycles. The Morgan fingerprint density at radius 3 is 2.76 bits per heavy atom. The van der Waals surface area contributed by atoms with E-state index in [2.05, 4.69) is 16.9 Å². The third-order valence-electron chi connectivity index (χ3n) is 3.69. The van der Waals surface area contributed by atoms with Crippen LogP contribution in [0, 0.1) is 12.8 Å². The minimum Gasteiger partial charge on any atom is -0.478 e. The van der Waals surface area contributed by atoms with Gasteiger partial charge in [-0.15, -0.1) is 0 Å². The number of nitrogens with one attached hydrogen (secondary N) is 1. The molecule has 1 unspecified atom stereocenters. The van der Waals surface area contributed by atoms with E-state index in [9.17, 15) is 13.2 Å². The van der Waals surface area contributed by atoms with Gasteiger partial charge in [-0.3, -0.25) is 0 Å². The van der Waals surface area contributed by atoms with Crippen molar-refractivity contribution in [3.8, 4) is 0 Å². The predicted octanol–water partition coefficient (Wildman–Crippen LogP) is 2.33. The van der Waals surface area contributed by atoms with E-state index in [1.807, 2.05) is 0 Å². The minimum atomic E-state index is -3.67. The van der Waals surface area contributed by atoms with Crippen molar-refractivity contribution in [1.29, 1.82) is 0 Å². The Labute approximate surface area is 124 Å². The van der Waals surface area contributed by atoms with Gasteiger partial charge in [0.1, 0.15) is 0 Å². The average Bonchev–Trinajstić information content (AvgIpc) is 2.46. The zero-order valence-electron chi connectivity index (χ0n) is 11.9. The summed E-state index contributed by atoms with van der Waals surface area (Å²) in [6.07, 6.45) is 6.98. The summed E-state index contributed by atoms with van der Waals surface area (Å²) in [7, 11) is -3.67. The van der Waals surface area contributed by atoms with E-state index in [4.69, 9.17) is 5.11 Å². The van der Waals surface area contributed by atoms with E-state index >= 15 is 0 Å². The lowest BCUT2D eigenvalue weighted by atomic mass is 9.95. The first-order chi connectivity index (χ1) is 9.90. The molecule has 0 saturated carbocycles. The zero-order chi connectivity index (χ0) is 15.5. The number of carbonyl (C=O) groups is 1. The van der Waals surface area contributed by atoms with E-state index in [1.165, 1.54) is 18.2 Å². The Balaban J connectivity index is 2.13. The summed E-state index contributed by atoms with van der Waals surface area (Å²) in [5.41, 5.74) is 0.553. The predicted molar refractivity (Wildman–Crippen MR) is 79.8 cm³/mol. The van der Waals surface area contributed by atoms with Gasteiger partial charge >= 0.3 is 5.97 Å². The lowest BCUT2D eigenvalue weighted by Gasteiger charge is -2.18. The standard InChI is InChI=1S/C15H19NO4S/c1-11-7-8-13(9-14(11)15(17)18)21(19,20)16-10-12-5-3-2-4-6-12/h2-3,7-9,12,16H,4-6,10H2,1H3,(H,17,18). The molecule has 1 aromatic rings. The number of rotatable bonds is 5. The Morgan fingerprint density at radius 2 is 2.14 bits per heavy atom. The molecular weight excluding hydrogens is 290 g/mol. The number of hydrogen-bond acceptors (Lipinski definition) is 3. The SMILES string of the molecule is Cc1ccc(S(=O)(=O)NCC2CC=CCC2)cc1C(=O)O. The van der Waals surface area contributed by atoms with Crippen molar-refractivity contribution in [2.75, 3.05) is 6.54 Å². The van der Waals surface area contributed by atoms with Crippen LogP contribution in [-0.2, 0) is 10.0 Å². The van der Waals surface area contributed by atoms with Gasteiger partial charge in [0, 0.05) is 6.54 Å². The Kier molecular flexibility index (Phi) is 4.80. The fourth-order valence-electron chi connectivity index (χ4n) is 2.35. The molecule has 2 rings (SSSR count). The molecule has 0 heterocycles. The van der Waals surface area contributed by atoms with Crippen LogP contribution in [0.5, 0.6) is 0 Å². The van der Waals surface area contributed by atoms with Crippen LogP contribution in [-0.4, -0.2) is 26.0 Å². The highest BCUT2D eigenvalue weighted by molar-refractivity contribution is 7.89. The molecule has 0 aromatic heterocycles. The van der Waals surface area contributed by atoms with Crippen LogP contribution in [0.1, 0.15) is 35.2 Å². The number of benzene rings is 1. The largest absolute Gasteiger partial charge is 0.478 e. The van der Waals surface area contributed by atoms with Crippen molar-refractivity contribution in [2.45, 2.75) is 31.1 Å². The van der Waals surface area contributed by atoms with E-state index in [0.29, 0.717) is 18.0 Å². The number of aryl methyl sites for hydroxylation is 1. The van der Waals surface area contributed by atoms with Crippen LogP contribution in [0.4, 0.5) is 0 Å². The quantitative estimate of drug-likeness (QED) is 0.818. The summed E-state index contributed by atoms with van der Waals surface area (Å²) < 4.78 is 27.1. The summed E-state index contributed by atoms with van der Waals surface area (Å²) in [5.74, 6) is -0.823. The lowest BCUT2D eigenvalue weighted by molar-refractivity contribution is 0.0696. The van der Waals surface area contributed by atoms with Gasteiger partial charge in [0.25, 0.3) is 0 Å².